The van der Waals surface area contributed by atoms with Crippen molar-refractivity contribution in [3.8, 4) is 0 Å². The van der Waals surface area contributed by atoms with Crippen molar-refractivity contribution in [2.45, 2.75) is 0 Å². The van der Waals surface area contributed by atoms with Crippen molar-refractivity contribution >= 4 is 52.0 Å². The molecule has 0 saturated heterocycles. The SMILES string of the molecule is O=C(/C=C/c1ccc(Cl)c(Cl)c1)Nc1ccc2oc(=O)[nH]c2c1. The Hall–Kier alpha value is -2.50. The number of fused-ring (bicyclic) bond motifs is 1. The van der Waals surface area contributed by atoms with E-state index in [9.17, 15) is 9.59 Å². The minimum atomic E-state index is -0.539. The number of anilines is 1. The van der Waals surface area contributed by atoms with Gasteiger partial charge >= 0.3 is 5.76 Å². The molecular weight excluding hydrogens is 339 g/mol. The summed E-state index contributed by atoms with van der Waals surface area (Å²) in [5.74, 6) is -0.857. The summed E-state index contributed by atoms with van der Waals surface area (Å²) in [5, 5.41) is 3.57. The molecule has 5 nitrogen and oxygen atoms in total. The Labute approximate surface area is 140 Å². The molecule has 0 fully saturated rings. The zero-order valence-corrected chi connectivity index (χ0v) is 13.1. The van der Waals surface area contributed by atoms with Crippen molar-refractivity contribution in [3.63, 3.8) is 0 Å². The first kappa shape index (κ1) is 15.4. The molecule has 1 heterocycles. The fraction of sp³-hybridized carbons (Fsp3) is 0. The lowest BCUT2D eigenvalue weighted by atomic mass is 10.2. The summed E-state index contributed by atoms with van der Waals surface area (Å²) in [6, 6.07) is 9.93. The molecule has 0 spiro atoms. The Morgan fingerprint density at radius 2 is 1.96 bits per heavy atom. The van der Waals surface area contributed by atoms with Crippen molar-refractivity contribution in [3.05, 3.63) is 68.6 Å². The second kappa shape index (κ2) is 6.32. The summed E-state index contributed by atoms with van der Waals surface area (Å²) in [4.78, 5) is 25.5. The van der Waals surface area contributed by atoms with E-state index in [4.69, 9.17) is 27.6 Å². The van der Waals surface area contributed by atoms with Gasteiger partial charge in [0.15, 0.2) is 5.58 Å². The second-order valence-corrected chi connectivity index (χ2v) is 5.54. The Kier molecular flexibility index (Phi) is 4.23. The lowest BCUT2D eigenvalue weighted by molar-refractivity contribution is -0.111. The second-order valence-electron chi connectivity index (χ2n) is 4.72. The molecule has 0 saturated carbocycles. The lowest BCUT2D eigenvalue weighted by Gasteiger charge is -2.02. The molecule has 2 aromatic carbocycles. The molecule has 0 unspecified atom stereocenters. The Morgan fingerprint density at radius 1 is 1.13 bits per heavy atom. The van der Waals surface area contributed by atoms with Gasteiger partial charge in [0.05, 0.1) is 15.6 Å². The van der Waals surface area contributed by atoms with Crippen LogP contribution >= 0.6 is 23.2 Å². The average molecular weight is 349 g/mol. The van der Waals surface area contributed by atoms with E-state index in [0.717, 1.165) is 5.56 Å². The average Bonchev–Trinajstić information content (AvgIpc) is 2.88. The summed E-state index contributed by atoms with van der Waals surface area (Å²) >= 11 is 11.7. The smallest absolute Gasteiger partial charge is 0.408 e. The number of nitrogens with one attached hydrogen (secondary N) is 2. The minimum absolute atomic E-state index is 0.318. The Morgan fingerprint density at radius 3 is 2.74 bits per heavy atom. The van der Waals surface area contributed by atoms with Crippen molar-refractivity contribution in [2.75, 3.05) is 5.32 Å². The predicted octanol–water partition coefficient (Wildman–Crippen LogP) is 4.08. The molecule has 0 aliphatic rings. The summed E-state index contributed by atoms with van der Waals surface area (Å²) in [6.45, 7) is 0. The molecule has 0 radical (unpaired) electrons. The largest absolute Gasteiger partial charge is 0.417 e. The van der Waals surface area contributed by atoms with E-state index in [2.05, 4.69) is 10.3 Å². The van der Waals surface area contributed by atoms with Crippen LogP contribution in [0.25, 0.3) is 17.2 Å². The third-order valence-corrected chi connectivity index (χ3v) is 3.80. The molecule has 0 atom stereocenters. The van der Waals surface area contributed by atoms with Crippen LogP contribution in [0.2, 0.25) is 10.0 Å². The molecule has 116 valence electrons. The van der Waals surface area contributed by atoms with Gasteiger partial charge in [-0.2, -0.15) is 0 Å². The highest BCUT2D eigenvalue weighted by molar-refractivity contribution is 6.42. The molecule has 1 amide bonds. The fourth-order valence-electron chi connectivity index (χ4n) is 2.00. The van der Waals surface area contributed by atoms with Crippen molar-refractivity contribution in [1.82, 2.24) is 4.98 Å². The number of amides is 1. The third-order valence-electron chi connectivity index (χ3n) is 3.06. The molecule has 3 rings (SSSR count). The van der Waals surface area contributed by atoms with Gasteiger partial charge in [0.2, 0.25) is 5.91 Å². The van der Waals surface area contributed by atoms with Gasteiger partial charge in [-0.3, -0.25) is 9.78 Å². The van der Waals surface area contributed by atoms with Gasteiger partial charge in [0, 0.05) is 11.8 Å². The zero-order chi connectivity index (χ0) is 16.4. The van der Waals surface area contributed by atoms with Crippen LogP contribution in [0.4, 0.5) is 5.69 Å². The standard InChI is InChI=1S/C16H10Cl2N2O3/c17-11-4-1-9(7-12(11)18)2-6-15(21)19-10-3-5-14-13(8-10)20-16(22)23-14/h1-8H,(H,19,21)(H,20,22)/b6-2+. The Balaban J connectivity index is 1.73. The fourth-order valence-corrected chi connectivity index (χ4v) is 2.31. The maximum Gasteiger partial charge on any atom is 0.417 e. The van der Waals surface area contributed by atoms with E-state index in [-0.39, 0.29) is 5.91 Å². The predicted molar refractivity (Wildman–Crippen MR) is 91.0 cm³/mol. The van der Waals surface area contributed by atoms with Crippen molar-refractivity contribution in [2.24, 2.45) is 0 Å². The van der Waals surface area contributed by atoms with Gasteiger partial charge in [-0.1, -0.05) is 29.3 Å². The molecule has 7 heteroatoms. The molecule has 0 bridgehead atoms. The number of carbonyl (C=O) groups excluding carboxylic acids is 1. The quantitative estimate of drug-likeness (QED) is 0.700. The number of benzene rings is 2. The Bertz CT molecular complexity index is 973. The van der Waals surface area contributed by atoms with Gasteiger partial charge in [-0.15, -0.1) is 0 Å². The van der Waals surface area contributed by atoms with Gasteiger partial charge in [-0.05, 0) is 42.0 Å². The van der Waals surface area contributed by atoms with Crippen LogP contribution in [-0.2, 0) is 4.79 Å². The molecule has 3 aromatic rings. The van der Waals surface area contributed by atoms with Crippen LogP contribution in [-0.4, -0.2) is 10.9 Å². The number of aromatic amines is 1. The third kappa shape index (κ3) is 3.64. The summed E-state index contributed by atoms with van der Waals surface area (Å²) in [7, 11) is 0. The van der Waals surface area contributed by atoms with Gasteiger partial charge < -0.3 is 9.73 Å². The van der Waals surface area contributed by atoms with Gasteiger partial charge in [0.1, 0.15) is 0 Å². The number of hydrogen-bond donors (Lipinski definition) is 2. The number of carbonyl (C=O) groups is 1. The number of aromatic nitrogens is 1. The van der Waals surface area contributed by atoms with Gasteiger partial charge in [-0.25, -0.2) is 4.79 Å². The highest BCUT2D eigenvalue weighted by Gasteiger charge is 2.04. The van der Waals surface area contributed by atoms with E-state index in [1.54, 1.807) is 42.5 Å². The summed E-state index contributed by atoms with van der Waals surface area (Å²) in [5.41, 5.74) is 2.24. The summed E-state index contributed by atoms with van der Waals surface area (Å²) in [6.07, 6.45) is 3.00. The van der Waals surface area contributed by atoms with Crippen LogP contribution in [0.15, 0.2) is 51.7 Å². The maximum absolute atomic E-state index is 11.9. The first-order valence-electron chi connectivity index (χ1n) is 6.58. The summed E-state index contributed by atoms with van der Waals surface area (Å²) < 4.78 is 4.89. The van der Waals surface area contributed by atoms with E-state index in [1.807, 2.05) is 0 Å². The maximum atomic E-state index is 11.9. The van der Waals surface area contributed by atoms with Crippen LogP contribution in [0.5, 0.6) is 0 Å². The molecule has 2 N–H and O–H groups in total. The first-order chi connectivity index (χ1) is 11.0. The molecule has 0 aliphatic carbocycles. The van der Waals surface area contributed by atoms with E-state index >= 15 is 0 Å². The van der Waals surface area contributed by atoms with Crippen LogP contribution in [0.3, 0.4) is 0 Å². The monoisotopic (exact) mass is 348 g/mol. The lowest BCUT2D eigenvalue weighted by Crippen LogP contribution is -2.07. The van der Waals surface area contributed by atoms with E-state index < -0.39 is 5.76 Å². The van der Waals surface area contributed by atoms with Crippen LogP contribution < -0.4 is 11.1 Å². The number of rotatable bonds is 3. The number of hydrogen-bond acceptors (Lipinski definition) is 3. The zero-order valence-electron chi connectivity index (χ0n) is 11.6. The first-order valence-corrected chi connectivity index (χ1v) is 7.34. The number of oxazole rings is 1. The number of H-pyrrole nitrogens is 1. The van der Waals surface area contributed by atoms with Crippen molar-refractivity contribution < 1.29 is 9.21 Å². The molecule has 1 aromatic heterocycles. The highest BCUT2D eigenvalue weighted by Crippen LogP contribution is 2.23. The van der Waals surface area contributed by atoms with E-state index in [0.29, 0.717) is 26.8 Å². The molecule has 23 heavy (non-hydrogen) atoms. The molecular formula is C16H10Cl2N2O3. The number of halogens is 2. The topological polar surface area (TPSA) is 75.1 Å². The van der Waals surface area contributed by atoms with Crippen LogP contribution in [0.1, 0.15) is 5.56 Å². The van der Waals surface area contributed by atoms with E-state index in [1.165, 1.54) is 6.08 Å². The van der Waals surface area contributed by atoms with Gasteiger partial charge in [0.25, 0.3) is 0 Å². The normalized spacial score (nSPS) is 11.2. The highest BCUT2D eigenvalue weighted by atomic mass is 35.5. The molecule has 0 aliphatic heterocycles. The minimum Gasteiger partial charge on any atom is -0.408 e. The van der Waals surface area contributed by atoms with Crippen molar-refractivity contribution in [1.29, 1.82) is 0 Å². The van der Waals surface area contributed by atoms with Crippen LogP contribution in [0, 0.1) is 0 Å².